The lowest BCUT2D eigenvalue weighted by molar-refractivity contribution is 0.107. The van der Waals surface area contributed by atoms with Crippen LogP contribution < -0.4 is 0 Å². The molecule has 0 fully saturated rings. The summed E-state index contributed by atoms with van der Waals surface area (Å²) in [4.78, 5) is 7.33. The van der Waals surface area contributed by atoms with Gasteiger partial charge in [-0.15, -0.1) is 0 Å². The van der Waals surface area contributed by atoms with Crippen LogP contribution in [0.1, 0.15) is 33.3 Å². The molecule has 1 aliphatic rings. The molecule has 0 N–H and O–H groups in total. The lowest BCUT2D eigenvalue weighted by Gasteiger charge is -2.40. The molecule has 1 aromatic carbocycles. The summed E-state index contributed by atoms with van der Waals surface area (Å²) in [6, 6.07) is 10.5. The Morgan fingerprint density at radius 3 is 2.33 bits per heavy atom. The Kier molecular flexibility index (Phi) is 5.13. The predicted octanol–water partition coefficient (Wildman–Crippen LogP) is 4.40. The van der Waals surface area contributed by atoms with Crippen LogP contribution in [0.2, 0.25) is 0 Å². The van der Waals surface area contributed by atoms with E-state index in [0.717, 1.165) is 13.1 Å². The molecule has 0 aliphatic carbocycles. The van der Waals surface area contributed by atoms with E-state index in [0.29, 0.717) is 5.92 Å². The van der Waals surface area contributed by atoms with Crippen molar-refractivity contribution < 1.29 is 0 Å². The molecule has 1 aliphatic heterocycles. The van der Waals surface area contributed by atoms with Crippen molar-refractivity contribution in [3.05, 3.63) is 54.1 Å². The Bertz CT molecular complexity index is 536. The topological polar surface area (TPSA) is 15.6 Å². The van der Waals surface area contributed by atoms with Crippen LogP contribution in [0.5, 0.6) is 0 Å². The second-order valence-electron chi connectivity index (χ2n) is 5.71. The van der Waals surface area contributed by atoms with Crippen LogP contribution in [0, 0.1) is 5.92 Å². The normalized spacial score (nSPS) is 21.7. The lowest BCUT2D eigenvalue weighted by Crippen LogP contribution is -2.49. The van der Waals surface area contributed by atoms with Gasteiger partial charge in [-0.3, -0.25) is 9.89 Å². The average molecular weight is 282 g/mol. The summed E-state index contributed by atoms with van der Waals surface area (Å²) in [6.45, 7) is 10.9. The molecule has 0 aromatic heterocycles. The monoisotopic (exact) mass is 282 g/mol. The Morgan fingerprint density at radius 2 is 1.76 bits per heavy atom. The molecule has 2 nitrogen and oxygen atoms in total. The molecule has 0 unspecified atom stereocenters. The number of allylic oxidation sites excluding steroid dienone is 3. The van der Waals surface area contributed by atoms with E-state index >= 15 is 0 Å². The summed E-state index contributed by atoms with van der Waals surface area (Å²) in [5, 5.41) is 0. The zero-order chi connectivity index (χ0) is 15.3. The highest BCUT2D eigenvalue weighted by atomic mass is 15.3. The molecule has 21 heavy (non-hydrogen) atoms. The van der Waals surface area contributed by atoms with Crippen molar-refractivity contribution >= 4 is 11.8 Å². The maximum absolute atomic E-state index is 4.91. The summed E-state index contributed by atoms with van der Waals surface area (Å²) >= 11 is 0. The molecule has 0 saturated heterocycles. The number of hydrogen-bond acceptors (Lipinski definition) is 2. The van der Waals surface area contributed by atoms with E-state index in [1.54, 1.807) is 0 Å². The van der Waals surface area contributed by atoms with Crippen LogP contribution in [0.15, 0.2) is 53.6 Å². The summed E-state index contributed by atoms with van der Waals surface area (Å²) < 4.78 is 0. The molecule has 0 bridgehead atoms. The third-order valence-electron chi connectivity index (χ3n) is 4.27. The fourth-order valence-corrected chi connectivity index (χ4v) is 2.99. The van der Waals surface area contributed by atoms with E-state index in [9.17, 15) is 0 Å². The highest BCUT2D eigenvalue weighted by Crippen LogP contribution is 2.31. The van der Waals surface area contributed by atoms with Gasteiger partial charge in [-0.25, -0.2) is 0 Å². The van der Waals surface area contributed by atoms with Crippen LogP contribution >= 0.6 is 0 Å². The van der Waals surface area contributed by atoms with E-state index in [1.165, 1.54) is 11.1 Å². The second kappa shape index (κ2) is 6.86. The minimum Gasteiger partial charge on any atom is -0.276 e. The maximum atomic E-state index is 4.91. The highest BCUT2D eigenvalue weighted by molar-refractivity contribution is 5.89. The van der Waals surface area contributed by atoms with Crippen LogP contribution in [-0.2, 0) is 0 Å². The maximum Gasteiger partial charge on any atom is 0.134 e. The number of hydrogen-bond donors (Lipinski definition) is 0. The first kappa shape index (κ1) is 15.7. The predicted molar refractivity (Wildman–Crippen MR) is 92.5 cm³/mol. The molecule has 1 heterocycles. The quantitative estimate of drug-likeness (QED) is 0.781. The lowest BCUT2D eigenvalue weighted by atomic mass is 9.92. The standard InChI is InChI=1S/C19H26N2/c1-5-21(6-2)19(16(3)4)14-12-18(13-15-20-19)17-10-8-7-9-11-17/h7-16H,5-6H2,1-4H3/t19-/m0/s1. The molecule has 1 atom stereocenters. The van der Waals surface area contributed by atoms with Gasteiger partial charge in [0.15, 0.2) is 0 Å². The van der Waals surface area contributed by atoms with Crippen LogP contribution in [0.4, 0.5) is 0 Å². The third-order valence-corrected chi connectivity index (χ3v) is 4.27. The zero-order valence-corrected chi connectivity index (χ0v) is 13.6. The first-order chi connectivity index (χ1) is 10.1. The van der Waals surface area contributed by atoms with Crippen molar-refractivity contribution in [2.45, 2.75) is 33.4 Å². The Labute approximate surface area is 128 Å². The van der Waals surface area contributed by atoms with E-state index < -0.39 is 0 Å². The minimum absolute atomic E-state index is 0.240. The summed E-state index contributed by atoms with van der Waals surface area (Å²) in [7, 11) is 0. The summed E-state index contributed by atoms with van der Waals surface area (Å²) in [5.41, 5.74) is 2.21. The number of aliphatic imine (C=N–C) groups is 1. The van der Waals surface area contributed by atoms with Gasteiger partial charge in [0, 0.05) is 6.21 Å². The number of nitrogens with zero attached hydrogens (tertiary/aromatic N) is 2. The molecule has 112 valence electrons. The number of rotatable bonds is 5. The van der Waals surface area contributed by atoms with E-state index in [-0.39, 0.29) is 5.66 Å². The van der Waals surface area contributed by atoms with Crippen molar-refractivity contribution in [2.75, 3.05) is 13.1 Å². The average Bonchev–Trinajstić information content (AvgIpc) is 2.73. The molecular weight excluding hydrogens is 256 g/mol. The molecule has 0 saturated carbocycles. The van der Waals surface area contributed by atoms with Gasteiger partial charge in [0.05, 0.1) is 0 Å². The van der Waals surface area contributed by atoms with Crippen molar-refractivity contribution in [3.63, 3.8) is 0 Å². The van der Waals surface area contributed by atoms with Gasteiger partial charge in [-0.2, -0.15) is 0 Å². The SMILES string of the molecule is CCN(CC)[C@]1(C(C)C)C=CC(c2ccccc2)=CC=N1. The van der Waals surface area contributed by atoms with Gasteiger partial charge in [-0.05, 0) is 42.3 Å². The number of likely N-dealkylation sites (N-methyl/N-ethyl adjacent to an activating group) is 1. The van der Waals surface area contributed by atoms with Crippen molar-refractivity contribution in [1.29, 1.82) is 0 Å². The number of benzene rings is 1. The van der Waals surface area contributed by atoms with Gasteiger partial charge in [0.2, 0.25) is 0 Å². The van der Waals surface area contributed by atoms with Crippen LogP contribution in [-0.4, -0.2) is 29.9 Å². The van der Waals surface area contributed by atoms with Gasteiger partial charge < -0.3 is 0 Å². The van der Waals surface area contributed by atoms with Gasteiger partial charge in [0.1, 0.15) is 5.66 Å². The molecular formula is C19H26N2. The second-order valence-corrected chi connectivity index (χ2v) is 5.71. The van der Waals surface area contributed by atoms with E-state index in [4.69, 9.17) is 4.99 Å². The van der Waals surface area contributed by atoms with Gasteiger partial charge in [-0.1, -0.05) is 64.1 Å². The molecule has 2 heteroatoms. The van der Waals surface area contributed by atoms with Crippen molar-refractivity contribution in [1.82, 2.24) is 4.90 Å². The van der Waals surface area contributed by atoms with Crippen molar-refractivity contribution in [3.8, 4) is 0 Å². The zero-order valence-electron chi connectivity index (χ0n) is 13.6. The van der Waals surface area contributed by atoms with E-state index in [2.05, 4.69) is 75.1 Å². The van der Waals surface area contributed by atoms with E-state index in [1.807, 2.05) is 12.3 Å². The fraction of sp³-hybridized carbons (Fsp3) is 0.421. The van der Waals surface area contributed by atoms with Crippen LogP contribution in [0.25, 0.3) is 5.57 Å². The minimum atomic E-state index is -0.240. The van der Waals surface area contributed by atoms with Crippen LogP contribution in [0.3, 0.4) is 0 Å². The van der Waals surface area contributed by atoms with Crippen molar-refractivity contribution in [2.24, 2.45) is 10.9 Å². The Balaban J connectivity index is 2.38. The molecule has 0 radical (unpaired) electrons. The molecule has 1 aromatic rings. The first-order valence-corrected chi connectivity index (χ1v) is 7.89. The third kappa shape index (κ3) is 3.16. The highest BCUT2D eigenvalue weighted by Gasteiger charge is 2.35. The molecule has 0 amide bonds. The summed E-state index contributed by atoms with van der Waals surface area (Å²) in [5.74, 6) is 0.424. The molecule has 2 rings (SSSR count). The summed E-state index contributed by atoms with van der Waals surface area (Å²) in [6.07, 6.45) is 8.58. The largest absolute Gasteiger partial charge is 0.276 e. The Hall–Kier alpha value is -1.67. The fourth-order valence-electron chi connectivity index (χ4n) is 2.99. The van der Waals surface area contributed by atoms with Gasteiger partial charge in [0.25, 0.3) is 0 Å². The first-order valence-electron chi connectivity index (χ1n) is 7.89. The Morgan fingerprint density at radius 1 is 1.10 bits per heavy atom. The smallest absolute Gasteiger partial charge is 0.134 e. The van der Waals surface area contributed by atoms with Gasteiger partial charge >= 0.3 is 0 Å². The molecule has 0 spiro atoms.